The molecule has 1 aliphatic heterocycles. The highest BCUT2D eigenvalue weighted by Gasteiger charge is 2.52. The van der Waals surface area contributed by atoms with Gasteiger partial charge in [-0.05, 0) is 128 Å². The van der Waals surface area contributed by atoms with Gasteiger partial charge in [0.15, 0.2) is 10.3 Å². The maximum Gasteiger partial charge on any atom is 0.495 e. The number of carbonyl (C=O) groups is 2. The second kappa shape index (κ2) is 18.4. The van der Waals surface area contributed by atoms with Gasteiger partial charge in [0.1, 0.15) is 34.4 Å². The molecule has 4 aromatic carbocycles. The first-order valence-electron chi connectivity index (χ1n) is 18.5. The lowest BCUT2D eigenvalue weighted by Crippen LogP contribution is -2.41. The molecule has 20 heteroatoms. The minimum atomic E-state index is -0.913. The molecule has 62 heavy (non-hydrogen) atoms. The Balaban J connectivity index is 0.000000144. The highest BCUT2D eigenvalue weighted by atomic mass is 79.9. The second-order valence-corrected chi connectivity index (χ2v) is 19.9. The van der Waals surface area contributed by atoms with Crippen molar-refractivity contribution in [2.75, 3.05) is 10.6 Å². The number of anilines is 2. The Labute approximate surface area is 377 Å². The average molecular weight is 982 g/mol. The first kappa shape index (κ1) is 45.1. The molecule has 1 fully saturated rings. The number of carbonyl (C=O) groups excluding carboxylic acids is 2. The summed E-state index contributed by atoms with van der Waals surface area (Å²) in [4.78, 5) is 41.3. The summed E-state index contributed by atoms with van der Waals surface area (Å²) >= 11 is 8.78. The van der Waals surface area contributed by atoms with Crippen molar-refractivity contribution in [1.82, 2.24) is 19.9 Å². The quantitative estimate of drug-likeness (QED) is 0.125. The summed E-state index contributed by atoms with van der Waals surface area (Å²) in [7, 11) is -0.309. The summed E-state index contributed by atoms with van der Waals surface area (Å²) in [6.45, 7) is 12.4. The monoisotopic (exact) mass is 980 g/mol. The van der Waals surface area contributed by atoms with Crippen LogP contribution in [0, 0.1) is 37.1 Å². The smallest absolute Gasteiger partial charge is 0.399 e. The van der Waals surface area contributed by atoms with E-state index in [0.717, 1.165) is 72.8 Å². The number of amides is 2. The molecular formula is C42H34BBrF4N6O4S4. The zero-order valence-corrected chi connectivity index (χ0v) is 38.5. The van der Waals surface area contributed by atoms with Gasteiger partial charge in [-0.3, -0.25) is 20.2 Å². The van der Waals surface area contributed by atoms with E-state index in [-0.39, 0.29) is 28.6 Å². The van der Waals surface area contributed by atoms with Crippen LogP contribution in [0.1, 0.15) is 59.5 Å². The van der Waals surface area contributed by atoms with E-state index < -0.39 is 46.2 Å². The lowest BCUT2D eigenvalue weighted by Gasteiger charge is -2.32. The highest BCUT2D eigenvalue weighted by Crippen LogP contribution is 2.38. The molecule has 0 spiro atoms. The minimum absolute atomic E-state index is 0.268. The minimum Gasteiger partial charge on any atom is -0.399 e. The van der Waals surface area contributed by atoms with E-state index >= 15 is 0 Å². The van der Waals surface area contributed by atoms with Crippen LogP contribution < -0.4 is 16.1 Å². The van der Waals surface area contributed by atoms with Gasteiger partial charge < -0.3 is 9.31 Å². The zero-order valence-electron chi connectivity index (χ0n) is 33.6. The van der Waals surface area contributed by atoms with E-state index in [1.807, 2.05) is 18.5 Å². The number of hydrogen-bond donors (Lipinski definition) is 2. The number of nitrogens with one attached hydrogen (secondary N) is 2. The van der Waals surface area contributed by atoms with Gasteiger partial charge in [0.25, 0.3) is 11.8 Å². The number of nitrogens with zero attached hydrogens (tertiary/aromatic N) is 4. The van der Waals surface area contributed by atoms with Crippen molar-refractivity contribution in [3.8, 4) is 10.4 Å². The fourth-order valence-corrected chi connectivity index (χ4v) is 9.54. The largest absolute Gasteiger partial charge is 0.495 e. The Kier molecular flexibility index (Phi) is 13.4. The van der Waals surface area contributed by atoms with Crippen molar-refractivity contribution >= 4 is 116 Å². The molecule has 1 aliphatic rings. The van der Waals surface area contributed by atoms with Crippen LogP contribution in [0.15, 0.2) is 87.9 Å². The van der Waals surface area contributed by atoms with Gasteiger partial charge in [0.05, 0.1) is 57.5 Å². The number of rotatable bonds is 6. The summed E-state index contributed by atoms with van der Waals surface area (Å²) in [5.74, 6) is -5.36. The number of fused-ring (bicyclic) bond motifs is 2. The third-order valence-electron chi connectivity index (χ3n) is 9.97. The number of thiazole rings is 4. The second-order valence-electron chi connectivity index (χ2n) is 14.7. The van der Waals surface area contributed by atoms with Gasteiger partial charge in [0.2, 0.25) is 0 Å². The number of halogens is 5. The normalized spacial score (nSPS) is 14.0. The van der Waals surface area contributed by atoms with Crippen LogP contribution in [0.2, 0.25) is 0 Å². The molecule has 2 amide bonds. The zero-order chi connectivity index (χ0) is 44.5. The molecule has 8 aromatic rings. The number of aryl methyl sites for hydroxylation is 2. The van der Waals surface area contributed by atoms with Crippen molar-refractivity contribution in [3.63, 3.8) is 0 Å². The molecule has 0 atom stereocenters. The van der Waals surface area contributed by atoms with E-state index in [0.29, 0.717) is 3.79 Å². The molecule has 1 saturated heterocycles. The standard InChI is InChI=1S/C18H11F2N3OS2.C14H18BNO2S.C10H5BrF2N2OS/c1-9-5-14-13(22-8-25-14)6-10(9)15-7-21-18(26-15)23-17(24)16-11(19)3-2-4-12(16)20;1-9-6-12-11(16-8-19-12)7-10(9)15-17-13(2,3)14(4,5)18-15;11-7-4-14-10(17-7)15-9(16)8-5(12)2-1-3-6(8)13/h2-8H,1H3,(H,21,23,24);6-8H,1-5H3;1-4H,(H,14,15,16). The first-order chi connectivity index (χ1) is 29.4. The van der Waals surface area contributed by atoms with E-state index in [4.69, 9.17) is 9.31 Å². The Morgan fingerprint density at radius 3 is 1.63 bits per heavy atom. The van der Waals surface area contributed by atoms with E-state index in [1.54, 1.807) is 34.4 Å². The third-order valence-corrected chi connectivity index (χ3v) is 13.9. The number of hydrogen-bond acceptors (Lipinski definition) is 12. The van der Waals surface area contributed by atoms with Crippen LogP contribution in [0.3, 0.4) is 0 Å². The summed E-state index contributed by atoms with van der Waals surface area (Å²) in [6.07, 6.45) is 3.11. The molecule has 0 unspecified atom stereocenters. The lowest BCUT2D eigenvalue weighted by atomic mass is 9.76. The lowest BCUT2D eigenvalue weighted by molar-refractivity contribution is 0.00578. The van der Waals surface area contributed by atoms with Crippen LogP contribution in [-0.2, 0) is 9.31 Å². The van der Waals surface area contributed by atoms with Gasteiger partial charge in [-0.25, -0.2) is 37.5 Å². The SMILES string of the molecule is Cc1cc2scnc2cc1-c1cnc(NC(=O)c2c(F)cccc2F)s1.Cc1cc2scnc2cc1B1OC(C)(C)C(C)(C)O1.O=C(Nc1ncc(Br)s1)c1c(F)cccc1F. The Morgan fingerprint density at radius 1 is 0.661 bits per heavy atom. The van der Waals surface area contributed by atoms with E-state index in [9.17, 15) is 27.2 Å². The van der Waals surface area contributed by atoms with Gasteiger partial charge >= 0.3 is 7.12 Å². The molecule has 10 nitrogen and oxygen atoms in total. The van der Waals surface area contributed by atoms with Crippen molar-refractivity contribution < 1.29 is 36.5 Å². The Morgan fingerprint density at radius 2 is 1.13 bits per heavy atom. The van der Waals surface area contributed by atoms with E-state index in [1.165, 1.54) is 39.9 Å². The maximum atomic E-state index is 13.7. The predicted octanol–water partition coefficient (Wildman–Crippen LogP) is 11.6. The van der Waals surface area contributed by atoms with Crippen molar-refractivity contribution in [1.29, 1.82) is 0 Å². The van der Waals surface area contributed by atoms with Gasteiger partial charge in [-0.15, -0.1) is 22.7 Å². The highest BCUT2D eigenvalue weighted by molar-refractivity contribution is 9.11. The first-order valence-corrected chi connectivity index (χ1v) is 22.7. The fourth-order valence-electron chi connectivity index (χ4n) is 6.03. The van der Waals surface area contributed by atoms with Gasteiger partial charge in [0, 0.05) is 6.20 Å². The van der Waals surface area contributed by atoms with Crippen molar-refractivity contribution in [2.45, 2.75) is 52.7 Å². The molecular weight excluding hydrogens is 947 g/mol. The topological polar surface area (TPSA) is 128 Å². The number of benzene rings is 4. The summed E-state index contributed by atoms with van der Waals surface area (Å²) < 4.78 is 69.2. The maximum absolute atomic E-state index is 13.7. The molecule has 9 rings (SSSR count). The molecule has 0 radical (unpaired) electrons. The molecule has 2 N–H and O–H groups in total. The molecule has 318 valence electrons. The summed E-state index contributed by atoms with van der Waals surface area (Å²) in [6, 6.07) is 14.8. The third kappa shape index (κ3) is 9.81. The number of aromatic nitrogens is 4. The van der Waals surface area contributed by atoms with Gasteiger partial charge in [-0.1, -0.05) is 34.8 Å². The molecule has 0 aliphatic carbocycles. The van der Waals surface area contributed by atoms with Crippen LogP contribution in [-0.4, -0.2) is 50.1 Å². The summed E-state index contributed by atoms with van der Waals surface area (Å²) in [5.41, 5.74) is 8.01. The Hall–Kier alpha value is -4.96. The molecule has 5 heterocycles. The van der Waals surface area contributed by atoms with Crippen molar-refractivity contribution in [3.05, 3.63) is 133 Å². The van der Waals surface area contributed by atoms with E-state index in [2.05, 4.69) is 99.3 Å². The molecule has 0 bridgehead atoms. The molecule has 4 aromatic heterocycles. The fraction of sp³-hybridized carbons (Fsp3) is 0.190. The average Bonchev–Trinajstić information content (AvgIpc) is 4.04. The van der Waals surface area contributed by atoms with Crippen molar-refractivity contribution in [2.24, 2.45) is 0 Å². The summed E-state index contributed by atoms with van der Waals surface area (Å²) in [5, 5.41) is 5.31. The van der Waals surface area contributed by atoms with Crippen LogP contribution >= 0.6 is 61.3 Å². The van der Waals surface area contributed by atoms with Crippen LogP contribution in [0.25, 0.3) is 30.9 Å². The van der Waals surface area contributed by atoms with Gasteiger partial charge in [-0.2, -0.15) is 0 Å². The molecule has 0 saturated carbocycles. The Bertz CT molecular complexity index is 2900. The van der Waals surface area contributed by atoms with Crippen LogP contribution in [0.5, 0.6) is 0 Å². The predicted molar refractivity (Wildman–Crippen MR) is 244 cm³/mol. The van der Waals surface area contributed by atoms with Crippen LogP contribution in [0.4, 0.5) is 27.8 Å².